The molecular formula is C20H32Cl2Zr. The molecule has 2 rings (SSSR count). The Labute approximate surface area is 167 Å². The molecule has 0 saturated carbocycles. The zero-order chi connectivity index (χ0) is 16.3. The van der Waals surface area contributed by atoms with Gasteiger partial charge in [0, 0.05) is 0 Å². The van der Waals surface area contributed by atoms with Crippen LogP contribution in [0.2, 0.25) is 0 Å². The van der Waals surface area contributed by atoms with E-state index in [0.29, 0.717) is 0 Å². The summed E-state index contributed by atoms with van der Waals surface area (Å²) in [6.45, 7) is 23.7. The molecule has 0 amide bonds. The van der Waals surface area contributed by atoms with Crippen LogP contribution in [0.3, 0.4) is 0 Å². The minimum Gasteiger partial charge on any atom is -0.147 e. The monoisotopic (exact) mass is 432 g/mol. The molecule has 0 heterocycles. The predicted molar refractivity (Wildman–Crippen MR) is 104 cm³/mol. The van der Waals surface area contributed by atoms with Crippen LogP contribution in [0.1, 0.15) is 69.2 Å². The van der Waals surface area contributed by atoms with E-state index in [2.05, 4.69) is 69.2 Å². The van der Waals surface area contributed by atoms with Crippen LogP contribution < -0.4 is 0 Å². The summed E-state index contributed by atoms with van der Waals surface area (Å²) in [5.74, 6) is 0. The van der Waals surface area contributed by atoms with Gasteiger partial charge in [-0.05, 0) is 0 Å². The van der Waals surface area contributed by atoms with Gasteiger partial charge in [-0.25, -0.2) is 0 Å². The second-order valence-corrected chi connectivity index (χ2v) is 10.9. The van der Waals surface area contributed by atoms with Gasteiger partial charge in [-0.2, -0.15) is 0 Å². The molecule has 0 aromatic carbocycles. The van der Waals surface area contributed by atoms with Crippen molar-refractivity contribution in [1.29, 1.82) is 0 Å². The van der Waals surface area contributed by atoms with E-state index in [1.54, 1.807) is 40.0 Å². The van der Waals surface area contributed by atoms with Crippen molar-refractivity contribution in [2.75, 3.05) is 0 Å². The van der Waals surface area contributed by atoms with Crippen molar-refractivity contribution in [2.45, 2.75) is 69.2 Å². The summed E-state index contributed by atoms with van der Waals surface area (Å²) in [4.78, 5) is 0. The molecule has 0 aliphatic heterocycles. The number of rotatable bonds is 2. The van der Waals surface area contributed by atoms with Crippen molar-refractivity contribution >= 4 is 24.8 Å². The van der Waals surface area contributed by atoms with Gasteiger partial charge in [0.1, 0.15) is 0 Å². The third-order valence-corrected chi connectivity index (χ3v) is 12.5. The maximum Gasteiger partial charge on any atom is -0.147 e. The van der Waals surface area contributed by atoms with Gasteiger partial charge in [-0.1, -0.05) is 0 Å². The standard InChI is InChI=1S/2C10H15.2ClH.Zr/c2*1-7-6-10(4,5)9(3)8(7)2;;;/h2*1-5H3;2*1H;. The van der Waals surface area contributed by atoms with Gasteiger partial charge >= 0.3 is 143 Å². The zero-order valence-electron chi connectivity index (χ0n) is 16.3. The van der Waals surface area contributed by atoms with E-state index < -0.39 is 23.2 Å². The Hall–Kier alpha value is 0.423. The van der Waals surface area contributed by atoms with Gasteiger partial charge in [0.25, 0.3) is 0 Å². The van der Waals surface area contributed by atoms with Crippen molar-refractivity contribution in [1.82, 2.24) is 0 Å². The van der Waals surface area contributed by atoms with Crippen molar-refractivity contribution in [3.8, 4) is 0 Å². The molecule has 0 atom stereocenters. The Kier molecular flexibility index (Phi) is 7.48. The largest absolute Gasteiger partial charge is 0.147 e. The molecule has 0 N–H and O–H groups in total. The van der Waals surface area contributed by atoms with E-state index in [0.717, 1.165) is 0 Å². The average molecular weight is 435 g/mol. The normalized spacial score (nSPS) is 22.5. The third kappa shape index (κ3) is 3.40. The van der Waals surface area contributed by atoms with Crippen LogP contribution in [0.4, 0.5) is 0 Å². The number of allylic oxidation sites excluding steroid dienone is 8. The van der Waals surface area contributed by atoms with Gasteiger partial charge in [0.05, 0.1) is 0 Å². The molecule has 0 nitrogen and oxygen atoms in total. The fraction of sp³-hybridized carbons (Fsp3) is 0.600. The van der Waals surface area contributed by atoms with Crippen molar-refractivity contribution in [2.24, 2.45) is 10.8 Å². The SMILES string of the molecule is CC1=C(C)C(C)(C)[C]([Zr][C]2=C(C)C(C)=C(C)C2(C)C)=C1C.Cl.Cl. The van der Waals surface area contributed by atoms with E-state index in [4.69, 9.17) is 0 Å². The summed E-state index contributed by atoms with van der Waals surface area (Å²) in [6, 6.07) is 0. The maximum atomic E-state index is 2.43. The van der Waals surface area contributed by atoms with Gasteiger partial charge in [-0.15, -0.1) is 24.8 Å². The number of hydrogen-bond acceptors (Lipinski definition) is 0. The fourth-order valence-corrected chi connectivity index (χ4v) is 8.73. The van der Waals surface area contributed by atoms with Crippen LogP contribution in [0, 0.1) is 10.8 Å². The molecule has 0 saturated heterocycles. The average Bonchev–Trinajstić information content (AvgIpc) is 2.63. The molecule has 0 spiro atoms. The Morgan fingerprint density at radius 2 is 0.783 bits per heavy atom. The summed E-state index contributed by atoms with van der Waals surface area (Å²) in [6.07, 6.45) is 0. The number of hydrogen-bond donors (Lipinski definition) is 0. The molecule has 0 unspecified atom stereocenters. The van der Waals surface area contributed by atoms with E-state index in [1.807, 2.05) is 0 Å². The minimum absolute atomic E-state index is 0. The molecule has 3 heteroatoms. The fourth-order valence-electron chi connectivity index (χ4n) is 3.81. The third-order valence-electron chi connectivity index (χ3n) is 6.38. The quantitative estimate of drug-likeness (QED) is 0.431. The van der Waals surface area contributed by atoms with Crippen LogP contribution in [0.5, 0.6) is 0 Å². The molecular weight excluding hydrogens is 402 g/mol. The second-order valence-electron chi connectivity index (χ2n) is 7.88. The molecule has 2 aliphatic rings. The van der Waals surface area contributed by atoms with E-state index in [-0.39, 0.29) is 35.6 Å². The molecule has 0 bridgehead atoms. The van der Waals surface area contributed by atoms with Crippen molar-refractivity contribution in [3.05, 3.63) is 40.0 Å². The summed E-state index contributed by atoms with van der Waals surface area (Å²) >= 11 is -0.730. The summed E-state index contributed by atoms with van der Waals surface area (Å²) in [7, 11) is 0. The molecule has 0 aromatic rings. The van der Waals surface area contributed by atoms with Crippen LogP contribution >= 0.6 is 24.8 Å². The van der Waals surface area contributed by atoms with E-state index >= 15 is 0 Å². The predicted octanol–water partition coefficient (Wildman–Crippen LogP) is 7.21. The van der Waals surface area contributed by atoms with Gasteiger partial charge in [-0.3, -0.25) is 0 Å². The van der Waals surface area contributed by atoms with E-state index in [1.165, 1.54) is 0 Å². The second kappa shape index (κ2) is 7.35. The maximum absolute atomic E-state index is 2.43. The number of halogens is 2. The molecule has 0 radical (unpaired) electrons. The Morgan fingerprint density at radius 1 is 0.522 bits per heavy atom. The van der Waals surface area contributed by atoms with E-state index in [9.17, 15) is 0 Å². The molecule has 130 valence electrons. The summed E-state index contributed by atoms with van der Waals surface area (Å²) in [5.41, 5.74) is 10.0. The first kappa shape index (κ1) is 23.4. The first-order valence-corrected chi connectivity index (χ1v) is 10.5. The van der Waals surface area contributed by atoms with Crippen LogP contribution in [0.25, 0.3) is 0 Å². The smallest absolute Gasteiger partial charge is 0.147 e. The van der Waals surface area contributed by atoms with Gasteiger partial charge in [0.2, 0.25) is 0 Å². The molecule has 0 aromatic heterocycles. The van der Waals surface area contributed by atoms with Crippen molar-refractivity contribution in [3.63, 3.8) is 0 Å². The molecule has 0 fully saturated rings. The topological polar surface area (TPSA) is 0 Å². The van der Waals surface area contributed by atoms with Gasteiger partial charge in [0.15, 0.2) is 0 Å². The first-order valence-electron chi connectivity index (χ1n) is 8.00. The summed E-state index contributed by atoms with van der Waals surface area (Å²) < 4.78 is 3.59. The van der Waals surface area contributed by atoms with Crippen molar-refractivity contribution < 1.29 is 23.2 Å². The van der Waals surface area contributed by atoms with Crippen LogP contribution in [-0.2, 0) is 23.2 Å². The summed E-state index contributed by atoms with van der Waals surface area (Å²) in [5, 5.41) is 0. The van der Waals surface area contributed by atoms with Crippen LogP contribution in [0.15, 0.2) is 40.0 Å². The molecule has 2 aliphatic carbocycles. The zero-order valence-corrected chi connectivity index (χ0v) is 20.4. The Balaban J connectivity index is 0.00000242. The van der Waals surface area contributed by atoms with Crippen LogP contribution in [-0.4, -0.2) is 0 Å². The minimum atomic E-state index is -0.730. The Morgan fingerprint density at radius 3 is 0.957 bits per heavy atom. The first-order chi connectivity index (χ1) is 9.44. The Bertz CT molecular complexity index is 585. The van der Waals surface area contributed by atoms with Gasteiger partial charge < -0.3 is 0 Å². The molecule has 23 heavy (non-hydrogen) atoms.